The molecule has 0 spiro atoms. The predicted octanol–water partition coefficient (Wildman–Crippen LogP) is 3.07. The average Bonchev–Trinajstić information content (AvgIpc) is 3.36. The molecule has 6 nitrogen and oxygen atoms in total. The molecule has 2 aromatic rings. The molecule has 2 fully saturated rings. The molecule has 2 atom stereocenters. The molecule has 4 rings (SSSR count). The molecule has 0 aliphatic carbocycles. The van der Waals surface area contributed by atoms with Crippen LogP contribution in [0.25, 0.3) is 5.69 Å². The molecule has 2 saturated heterocycles. The van der Waals surface area contributed by atoms with E-state index in [1.54, 1.807) is 4.68 Å². The maximum atomic E-state index is 12.7. The van der Waals surface area contributed by atoms with Crippen LogP contribution in [0.2, 0.25) is 0 Å². The van der Waals surface area contributed by atoms with Gasteiger partial charge in [0.1, 0.15) is 0 Å². The number of aryl methyl sites for hydroxylation is 1. The number of rotatable bonds is 3. The van der Waals surface area contributed by atoms with Crippen molar-refractivity contribution in [3.63, 3.8) is 0 Å². The summed E-state index contributed by atoms with van der Waals surface area (Å²) < 4.78 is 7.30. The number of ether oxygens (including phenoxy) is 1. The van der Waals surface area contributed by atoms with Crippen molar-refractivity contribution < 1.29 is 9.53 Å². The van der Waals surface area contributed by atoms with Gasteiger partial charge in [-0.15, -0.1) is 0 Å². The Balaban J connectivity index is 1.45. The summed E-state index contributed by atoms with van der Waals surface area (Å²) in [6.07, 6.45) is 4.11. The Bertz CT molecular complexity index is 751. The van der Waals surface area contributed by atoms with Crippen LogP contribution < -0.4 is 5.32 Å². The van der Waals surface area contributed by atoms with Crippen molar-refractivity contribution >= 4 is 11.7 Å². The van der Waals surface area contributed by atoms with Gasteiger partial charge in [-0.1, -0.05) is 12.1 Å². The second-order valence-electron chi connectivity index (χ2n) is 6.97. The third kappa shape index (κ3) is 3.39. The van der Waals surface area contributed by atoms with Gasteiger partial charge >= 0.3 is 6.03 Å². The van der Waals surface area contributed by atoms with E-state index in [1.807, 2.05) is 48.4 Å². The number of hydrogen-bond acceptors (Lipinski definition) is 3. The second-order valence-corrected chi connectivity index (χ2v) is 6.97. The molecule has 0 unspecified atom stereocenters. The SMILES string of the molecule is Cc1ccn(-c2ccccc2NC(=O)N2CC[C@@H]([C@@H]3CCOC3)C2)n1. The molecule has 2 amide bonds. The summed E-state index contributed by atoms with van der Waals surface area (Å²) in [7, 11) is 0. The van der Waals surface area contributed by atoms with Crippen LogP contribution in [0.5, 0.6) is 0 Å². The maximum absolute atomic E-state index is 12.7. The molecule has 0 bridgehead atoms. The Hall–Kier alpha value is -2.34. The van der Waals surface area contributed by atoms with Crippen molar-refractivity contribution in [3.05, 3.63) is 42.2 Å². The molecule has 25 heavy (non-hydrogen) atoms. The highest BCUT2D eigenvalue weighted by atomic mass is 16.5. The summed E-state index contributed by atoms with van der Waals surface area (Å²) in [6, 6.07) is 9.69. The molecule has 2 aliphatic heterocycles. The molecular weight excluding hydrogens is 316 g/mol. The lowest BCUT2D eigenvalue weighted by molar-refractivity contribution is 0.171. The molecule has 0 saturated carbocycles. The lowest BCUT2D eigenvalue weighted by atomic mass is 9.91. The van der Waals surface area contributed by atoms with Gasteiger partial charge in [0.25, 0.3) is 0 Å². The summed E-state index contributed by atoms with van der Waals surface area (Å²) in [5.74, 6) is 1.18. The molecule has 1 aromatic heterocycles. The first-order valence-corrected chi connectivity index (χ1v) is 8.96. The Morgan fingerprint density at radius 3 is 2.88 bits per heavy atom. The monoisotopic (exact) mass is 340 g/mol. The fourth-order valence-electron chi connectivity index (χ4n) is 3.80. The number of aromatic nitrogens is 2. The van der Waals surface area contributed by atoms with Gasteiger partial charge < -0.3 is 15.0 Å². The molecule has 1 aromatic carbocycles. The van der Waals surface area contributed by atoms with Crippen LogP contribution in [0.15, 0.2) is 36.5 Å². The molecule has 1 N–H and O–H groups in total. The van der Waals surface area contributed by atoms with Crippen molar-refractivity contribution in [2.45, 2.75) is 19.8 Å². The molecule has 0 radical (unpaired) electrons. The first kappa shape index (κ1) is 16.1. The van der Waals surface area contributed by atoms with Crippen molar-refractivity contribution in [2.24, 2.45) is 11.8 Å². The van der Waals surface area contributed by atoms with Gasteiger partial charge in [-0.25, -0.2) is 9.48 Å². The number of carbonyl (C=O) groups is 1. The first-order valence-electron chi connectivity index (χ1n) is 8.96. The van der Waals surface area contributed by atoms with Crippen LogP contribution in [0.4, 0.5) is 10.5 Å². The van der Waals surface area contributed by atoms with E-state index in [1.165, 1.54) is 0 Å². The van der Waals surface area contributed by atoms with Crippen LogP contribution >= 0.6 is 0 Å². The van der Waals surface area contributed by atoms with Gasteiger partial charge in [0.05, 0.1) is 17.1 Å². The van der Waals surface area contributed by atoms with Gasteiger partial charge in [-0.2, -0.15) is 5.10 Å². The minimum atomic E-state index is -0.0299. The summed E-state index contributed by atoms with van der Waals surface area (Å²) in [4.78, 5) is 14.6. The Morgan fingerprint density at radius 1 is 1.24 bits per heavy atom. The number of anilines is 1. The quantitative estimate of drug-likeness (QED) is 0.934. The van der Waals surface area contributed by atoms with Gasteiger partial charge in [0, 0.05) is 32.5 Å². The normalized spacial score (nSPS) is 23.2. The second kappa shape index (κ2) is 6.88. The highest BCUT2D eigenvalue weighted by Gasteiger charge is 2.33. The number of likely N-dealkylation sites (tertiary alicyclic amines) is 1. The van der Waals surface area contributed by atoms with Crippen LogP contribution in [-0.2, 0) is 4.74 Å². The fraction of sp³-hybridized carbons (Fsp3) is 0.474. The number of nitrogens with zero attached hydrogens (tertiary/aromatic N) is 3. The number of amides is 2. The third-order valence-corrected chi connectivity index (χ3v) is 5.26. The van der Waals surface area contributed by atoms with Gasteiger partial charge in [-0.3, -0.25) is 0 Å². The molecular formula is C19H24N4O2. The summed E-state index contributed by atoms with van der Waals surface area (Å²) in [5, 5.41) is 7.51. The van der Waals surface area contributed by atoms with Crippen molar-refractivity contribution in [2.75, 3.05) is 31.6 Å². The minimum Gasteiger partial charge on any atom is -0.381 e. The third-order valence-electron chi connectivity index (χ3n) is 5.26. The standard InChI is InChI=1S/C19H24N4O2/c1-14-6-10-23(21-14)18-5-3-2-4-17(18)20-19(24)22-9-7-15(12-22)16-8-11-25-13-16/h2-6,10,15-16H,7-9,11-13H2,1H3,(H,20,24)/t15-,16-/m1/s1. The lowest BCUT2D eigenvalue weighted by Gasteiger charge is -2.20. The number of para-hydroxylation sites is 2. The summed E-state index contributed by atoms with van der Waals surface area (Å²) in [5.41, 5.74) is 2.61. The Labute approximate surface area is 147 Å². The fourth-order valence-corrected chi connectivity index (χ4v) is 3.80. The highest BCUT2D eigenvalue weighted by Crippen LogP contribution is 2.30. The van der Waals surface area contributed by atoms with E-state index < -0.39 is 0 Å². The lowest BCUT2D eigenvalue weighted by Crippen LogP contribution is -2.34. The van der Waals surface area contributed by atoms with Gasteiger partial charge in [0.2, 0.25) is 0 Å². The average molecular weight is 340 g/mol. The molecule has 2 aliphatic rings. The number of benzene rings is 1. The minimum absolute atomic E-state index is 0.0299. The largest absolute Gasteiger partial charge is 0.381 e. The van der Waals surface area contributed by atoms with Crippen LogP contribution in [0.3, 0.4) is 0 Å². The smallest absolute Gasteiger partial charge is 0.321 e. The van der Waals surface area contributed by atoms with Crippen molar-refractivity contribution in [1.29, 1.82) is 0 Å². The van der Waals surface area contributed by atoms with E-state index in [0.29, 0.717) is 11.8 Å². The molecule has 3 heterocycles. The zero-order chi connectivity index (χ0) is 17.2. The van der Waals surface area contributed by atoms with E-state index in [4.69, 9.17) is 4.74 Å². The Kier molecular flexibility index (Phi) is 4.44. The summed E-state index contributed by atoms with van der Waals surface area (Å²) in [6.45, 7) is 5.30. The highest BCUT2D eigenvalue weighted by molar-refractivity contribution is 5.91. The van der Waals surface area contributed by atoms with E-state index in [9.17, 15) is 4.79 Å². The zero-order valence-electron chi connectivity index (χ0n) is 14.5. The molecule has 6 heteroatoms. The summed E-state index contributed by atoms with van der Waals surface area (Å²) >= 11 is 0. The van der Waals surface area contributed by atoms with E-state index >= 15 is 0 Å². The Morgan fingerprint density at radius 2 is 2.12 bits per heavy atom. The van der Waals surface area contributed by atoms with E-state index in [-0.39, 0.29) is 6.03 Å². The molecule has 132 valence electrons. The van der Waals surface area contributed by atoms with Gasteiger partial charge in [-0.05, 0) is 49.8 Å². The van der Waals surface area contributed by atoms with Gasteiger partial charge in [0.15, 0.2) is 0 Å². The number of urea groups is 1. The van der Waals surface area contributed by atoms with Crippen molar-refractivity contribution in [1.82, 2.24) is 14.7 Å². The van der Waals surface area contributed by atoms with Crippen LogP contribution in [0, 0.1) is 18.8 Å². The predicted molar refractivity (Wildman–Crippen MR) is 95.9 cm³/mol. The van der Waals surface area contributed by atoms with E-state index in [0.717, 1.165) is 56.2 Å². The first-order chi connectivity index (χ1) is 12.2. The topological polar surface area (TPSA) is 59.4 Å². The zero-order valence-corrected chi connectivity index (χ0v) is 14.5. The van der Waals surface area contributed by atoms with Crippen molar-refractivity contribution in [3.8, 4) is 5.69 Å². The number of hydrogen-bond donors (Lipinski definition) is 1. The van der Waals surface area contributed by atoms with Crippen LogP contribution in [-0.4, -0.2) is 47.0 Å². The van der Waals surface area contributed by atoms with E-state index in [2.05, 4.69) is 10.4 Å². The maximum Gasteiger partial charge on any atom is 0.321 e. The number of nitrogens with one attached hydrogen (secondary N) is 1. The van der Waals surface area contributed by atoms with Crippen LogP contribution in [0.1, 0.15) is 18.5 Å². The number of carbonyl (C=O) groups excluding carboxylic acids is 1.